The minimum atomic E-state index is -0.374. The standard InChI is InChI=1S/C32H41N9O3/c1-21-15-24(7-8-25(21)30(42)38-26-16-23(17-33)9-10-36-26)27(39-35)28-29(34)37-11-14-40(28)12-3-5-22-6-4-13-41(18-22)31(43)32(2)19-44-20-32/h7-11,14-16,22,35H,3-6,12-13,17-20,33H2,1-2H3,(H2,34,37)(H,36,38,42)/b28-27-,39-35?/t22-/m1/s1. The molecule has 12 nitrogen and oxygen atoms in total. The number of nitrogens with zero attached hydrogens (tertiary/aromatic N) is 5. The second kappa shape index (κ2) is 13.5. The number of aliphatic imine (C=N–C) groups is 1. The van der Waals surface area contributed by atoms with Crippen molar-refractivity contribution in [3.63, 3.8) is 0 Å². The molecule has 3 aliphatic rings. The highest BCUT2D eigenvalue weighted by Crippen LogP contribution is 2.32. The molecular weight excluding hydrogens is 558 g/mol. The molecule has 4 heterocycles. The molecule has 0 unspecified atom stereocenters. The SMILES string of the molecule is Cc1cc(/C(N=N)=C2\C(N)=NC=CN2CCC[C@@H]2CCCN(C(=O)C3(C)COC3)C2)ccc1C(=O)Nc1cc(CN)ccn1. The number of pyridine rings is 1. The van der Waals surface area contributed by atoms with E-state index in [1.807, 2.05) is 35.9 Å². The lowest BCUT2D eigenvalue weighted by Gasteiger charge is -2.43. The second-order valence-corrected chi connectivity index (χ2v) is 12.0. The predicted octanol–water partition coefficient (Wildman–Crippen LogP) is 4.00. The Morgan fingerprint density at radius 1 is 1.25 bits per heavy atom. The maximum Gasteiger partial charge on any atom is 0.257 e. The molecule has 3 aliphatic heterocycles. The van der Waals surface area contributed by atoms with Gasteiger partial charge >= 0.3 is 0 Å². The number of carbonyl (C=O) groups excluding carboxylic acids is 2. The third-order valence-electron chi connectivity index (χ3n) is 8.55. The van der Waals surface area contributed by atoms with Gasteiger partial charge in [-0.05, 0) is 80.8 Å². The predicted molar refractivity (Wildman–Crippen MR) is 168 cm³/mol. The molecule has 44 heavy (non-hydrogen) atoms. The number of carbonyl (C=O) groups is 2. The summed E-state index contributed by atoms with van der Waals surface area (Å²) in [5.74, 6) is 1.04. The number of benzene rings is 1. The summed E-state index contributed by atoms with van der Waals surface area (Å²) in [6.45, 7) is 7.43. The summed E-state index contributed by atoms with van der Waals surface area (Å²) in [6, 6.07) is 8.83. The number of likely N-dealkylation sites (tertiary alicyclic amines) is 1. The van der Waals surface area contributed by atoms with E-state index in [9.17, 15) is 9.59 Å². The van der Waals surface area contributed by atoms with Crippen molar-refractivity contribution in [3.05, 3.63) is 76.9 Å². The average Bonchev–Trinajstić information content (AvgIpc) is 3.01. The first kappa shape index (κ1) is 31.0. The van der Waals surface area contributed by atoms with Gasteiger partial charge in [0.15, 0.2) is 0 Å². The maximum absolute atomic E-state index is 13.0. The van der Waals surface area contributed by atoms with Crippen LogP contribution >= 0.6 is 0 Å². The molecule has 5 rings (SSSR count). The molecule has 0 radical (unpaired) electrons. The highest BCUT2D eigenvalue weighted by atomic mass is 16.5. The first-order valence-corrected chi connectivity index (χ1v) is 15.1. The Labute approximate surface area is 257 Å². The van der Waals surface area contributed by atoms with Gasteiger partial charge in [-0.1, -0.05) is 6.07 Å². The Bertz CT molecular complexity index is 1510. The molecule has 0 spiro atoms. The number of amidine groups is 1. The van der Waals surface area contributed by atoms with Gasteiger partial charge in [-0.3, -0.25) is 9.59 Å². The number of ether oxygens (including phenoxy) is 1. The Morgan fingerprint density at radius 2 is 2.07 bits per heavy atom. The van der Waals surface area contributed by atoms with Crippen molar-refractivity contribution in [2.75, 3.05) is 38.2 Å². The van der Waals surface area contributed by atoms with Crippen molar-refractivity contribution < 1.29 is 14.3 Å². The highest BCUT2D eigenvalue weighted by Gasteiger charge is 2.44. The Morgan fingerprint density at radius 3 is 2.77 bits per heavy atom. The van der Waals surface area contributed by atoms with Crippen LogP contribution in [0.25, 0.3) is 5.70 Å². The Balaban J connectivity index is 1.26. The van der Waals surface area contributed by atoms with E-state index < -0.39 is 0 Å². The smallest absolute Gasteiger partial charge is 0.257 e. The fourth-order valence-electron chi connectivity index (χ4n) is 6.04. The van der Waals surface area contributed by atoms with Gasteiger partial charge in [0.2, 0.25) is 5.91 Å². The quantitative estimate of drug-likeness (QED) is 0.298. The fourth-order valence-corrected chi connectivity index (χ4v) is 6.04. The number of anilines is 1. The van der Waals surface area contributed by atoms with Crippen LogP contribution < -0.4 is 16.8 Å². The lowest BCUT2D eigenvalue weighted by Crippen LogP contribution is -2.55. The molecule has 2 fully saturated rings. The van der Waals surface area contributed by atoms with Gasteiger partial charge in [-0.25, -0.2) is 15.5 Å². The van der Waals surface area contributed by atoms with Gasteiger partial charge in [0.1, 0.15) is 23.0 Å². The minimum absolute atomic E-state index is 0.208. The summed E-state index contributed by atoms with van der Waals surface area (Å²) in [6.07, 6.45) is 9.04. The summed E-state index contributed by atoms with van der Waals surface area (Å²) in [5, 5.41) is 6.69. The molecule has 2 saturated heterocycles. The maximum atomic E-state index is 13.0. The lowest BCUT2D eigenvalue weighted by atomic mass is 9.85. The monoisotopic (exact) mass is 599 g/mol. The van der Waals surface area contributed by atoms with Crippen LogP contribution in [-0.2, 0) is 16.1 Å². The van der Waals surface area contributed by atoms with Crippen LogP contribution in [0.3, 0.4) is 0 Å². The van der Waals surface area contributed by atoms with Crippen LogP contribution in [-0.4, -0.2) is 65.3 Å². The first-order valence-electron chi connectivity index (χ1n) is 15.1. The third kappa shape index (κ3) is 6.71. The van der Waals surface area contributed by atoms with E-state index in [0.717, 1.165) is 44.3 Å². The summed E-state index contributed by atoms with van der Waals surface area (Å²) in [5.41, 5.74) is 23.4. The topological polar surface area (TPSA) is 175 Å². The highest BCUT2D eigenvalue weighted by molar-refractivity contribution is 6.06. The molecular formula is C32H41N9O3. The van der Waals surface area contributed by atoms with Gasteiger partial charge in [-0.15, -0.1) is 0 Å². The van der Waals surface area contributed by atoms with E-state index in [4.69, 9.17) is 21.7 Å². The number of aryl methyl sites for hydroxylation is 1. The molecule has 12 heteroatoms. The zero-order valence-corrected chi connectivity index (χ0v) is 25.4. The number of hydrogen-bond donors (Lipinski definition) is 4. The van der Waals surface area contributed by atoms with Crippen molar-refractivity contribution >= 4 is 29.2 Å². The van der Waals surface area contributed by atoms with Crippen molar-refractivity contribution in [1.29, 1.82) is 5.53 Å². The van der Waals surface area contributed by atoms with Gasteiger partial charge in [0, 0.05) is 55.9 Å². The van der Waals surface area contributed by atoms with Gasteiger partial charge in [0.05, 0.1) is 18.6 Å². The molecule has 0 aliphatic carbocycles. The molecule has 232 valence electrons. The minimum Gasteiger partial charge on any atom is -0.382 e. The molecule has 2 amide bonds. The van der Waals surface area contributed by atoms with E-state index in [2.05, 4.69) is 20.4 Å². The zero-order chi connectivity index (χ0) is 31.3. The van der Waals surface area contributed by atoms with Crippen LogP contribution in [0, 0.1) is 23.8 Å². The van der Waals surface area contributed by atoms with E-state index >= 15 is 0 Å². The van der Waals surface area contributed by atoms with Gasteiger partial charge in [-0.2, -0.15) is 5.11 Å². The molecule has 1 atom stereocenters. The summed E-state index contributed by atoms with van der Waals surface area (Å²) >= 11 is 0. The van der Waals surface area contributed by atoms with Gasteiger partial charge < -0.3 is 31.3 Å². The molecule has 0 saturated carbocycles. The van der Waals surface area contributed by atoms with E-state index in [-0.39, 0.29) is 23.1 Å². The van der Waals surface area contributed by atoms with Gasteiger partial charge in [0.25, 0.3) is 5.91 Å². The number of rotatable bonds is 10. The molecule has 1 aromatic heterocycles. The number of nitrogens with one attached hydrogen (secondary N) is 2. The number of piperidine rings is 1. The Kier molecular flexibility index (Phi) is 9.50. The molecule has 6 N–H and O–H groups in total. The van der Waals surface area contributed by atoms with Crippen molar-refractivity contribution in [1.82, 2.24) is 14.8 Å². The summed E-state index contributed by atoms with van der Waals surface area (Å²) in [7, 11) is 0. The zero-order valence-electron chi connectivity index (χ0n) is 25.4. The number of hydrogen-bond acceptors (Lipinski definition) is 10. The number of aromatic nitrogens is 1. The lowest BCUT2D eigenvalue weighted by molar-refractivity contribution is -0.170. The molecule has 2 aromatic rings. The first-order chi connectivity index (χ1) is 21.2. The third-order valence-corrected chi connectivity index (χ3v) is 8.55. The van der Waals surface area contributed by atoms with E-state index in [0.29, 0.717) is 66.1 Å². The van der Waals surface area contributed by atoms with Crippen molar-refractivity contribution in [2.45, 2.75) is 46.1 Å². The van der Waals surface area contributed by atoms with Crippen molar-refractivity contribution in [2.24, 2.45) is 32.9 Å². The van der Waals surface area contributed by atoms with Crippen LogP contribution in [0.4, 0.5) is 5.82 Å². The fraction of sp³-hybridized carbons (Fsp3) is 0.438. The average molecular weight is 600 g/mol. The summed E-state index contributed by atoms with van der Waals surface area (Å²) < 4.78 is 5.31. The summed E-state index contributed by atoms with van der Waals surface area (Å²) in [4.78, 5) is 38.5. The van der Waals surface area contributed by atoms with E-state index in [1.54, 1.807) is 36.7 Å². The Hall–Kier alpha value is -4.42. The van der Waals surface area contributed by atoms with Crippen LogP contribution in [0.1, 0.15) is 59.7 Å². The molecule has 1 aromatic carbocycles. The normalized spacial score (nSPS) is 20.4. The number of amides is 2. The van der Waals surface area contributed by atoms with Crippen LogP contribution in [0.15, 0.2) is 64.7 Å². The van der Waals surface area contributed by atoms with Crippen LogP contribution in [0.2, 0.25) is 0 Å². The molecule has 0 bridgehead atoms. The second-order valence-electron chi connectivity index (χ2n) is 12.0. The van der Waals surface area contributed by atoms with Crippen molar-refractivity contribution in [3.8, 4) is 0 Å². The van der Waals surface area contributed by atoms with Crippen LogP contribution in [0.5, 0.6) is 0 Å². The number of nitrogens with two attached hydrogens (primary N) is 2. The largest absolute Gasteiger partial charge is 0.382 e. The van der Waals surface area contributed by atoms with E-state index in [1.165, 1.54) is 0 Å².